The predicted molar refractivity (Wildman–Crippen MR) is 126 cm³/mol. The number of amides is 1. The third kappa shape index (κ3) is 3.67. The Morgan fingerprint density at radius 1 is 0.969 bits per heavy atom. The van der Waals surface area contributed by atoms with Crippen LogP contribution in [0.3, 0.4) is 0 Å². The van der Waals surface area contributed by atoms with Gasteiger partial charge in [0.1, 0.15) is 12.4 Å². The van der Waals surface area contributed by atoms with Crippen molar-refractivity contribution < 1.29 is 4.79 Å². The van der Waals surface area contributed by atoms with E-state index in [1.54, 1.807) is 30.1 Å². The zero-order chi connectivity index (χ0) is 22.1. The van der Waals surface area contributed by atoms with E-state index in [-0.39, 0.29) is 24.6 Å². The first kappa shape index (κ1) is 19.8. The summed E-state index contributed by atoms with van der Waals surface area (Å²) < 4.78 is 2.04. The molecular formula is C26H22N4O2. The Kier molecular flexibility index (Phi) is 5.03. The Balaban J connectivity index is 1.44. The van der Waals surface area contributed by atoms with Crippen LogP contribution in [0, 0.1) is 0 Å². The quantitative estimate of drug-likeness (QED) is 0.461. The van der Waals surface area contributed by atoms with Crippen LogP contribution in [0.4, 0.5) is 0 Å². The van der Waals surface area contributed by atoms with Crippen molar-refractivity contribution in [3.8, 4) is 11.3 Å². The van der Waals surface area contributed by atoms with Crippen LogP contribution in [0.1, 0.15) is 5.82 Å². The Bertz CT molecular complexity index is 1480. The molecule has 1 N–H and O–H groups in total. The number of carbonyl (C=O) groups excluding carboxylic acids is 1. The molecule has 1 amide bonds. The highest BCUT2D eigenvalue weighted by Gasteiger charge is 2.17. The molecular weight excluding hydrogens is 400 g/mol. The van der Waals surface area contributed by atoms with Gasteiger partial charge in [-0.3, -0.25) is 9.59 Å². The van der Waals surface area contributed by atoms with Gasteiger partial charge in [0.15, 0.2) is 0 Å². The van der Waals surface area contributed by atoms with Crippen molar-refractivity contribution in [1.29, 1.82) is 0 Å². The van der Waals surface area contributed by atoms with Gasteiger partial charge in [-0.15, -0.1) is 0 Å². The molecule has 0 aliphatic rings. The Labute approximate surface area is 184 Å². The molecule has 0 saturated heterocycles. The number of likely N-dealkylation sites (N-methyl/N-ethyl adjacent to an activating group) is 1. The molecule has 5 rings (SSSR count). The van der Waals surface area contributed by atoms with E-state index in [4.69, 9.17) is 0 Å². The van der Waals surface area contributed by atoms with Crippen molar-refractivity contribution in [2.45, 2.75) is 13.1 Å². The summed E-state index contributed by atoms with van der Waals surface area (Å²) in [6.45, 7) is 0.408. The fraction of sp³-hybridized carbons (Fsp3) is 0.115. The second kappa shape index (κ2) is 8.15. The van der Waals surface area contributed by atoms with E-state index in [0.717, 1.165) is 22.2 Å². The van der Waals surface area contributed by atoms with Crippen LogP contribution in [0.25, 0.3) is 33.1 Å². The molecule has 5 aromatic rings. The average molecular weight is 422 g/mol. The number of nitrogens with zero attached hydrogens (tertiary/aromatic N) is 3. The van der Waals surface area contributed by atoms with E-state index >= 15 is 0 Å². The summed E-state index contributed by atoms with van der Waals surface area (Å²) in [4.78, 5) is 34.4. The van der Waals surface area contributed by atoms with E-state index in [1.807, 2.05) is 59.2 Å². The molecule has 0 aliphatic heterocycles. The van der Waals surface area contributed by atoms with Gasteiger partial charge in [0.25, 0.3) is 5.56 Å². The highest BCUT2D eigenvalue weighted by molar-refractivity contribution is 5.89. The number of para-hydroxylation sites is 2. The number of nitrogens with one attached hydrogen (secondary N) is 1. The molecule has 0 aliphatic carbocycles. The van der Waals surface area contributed by atoms with E-state index in [9.17, 15) is 9.59 Å². The normalized spacial score (nSPS) is 11.2. The van der Waals surface area contributed by atoms with Gasteiger partial charge in [-0.25, -0.2) is 4.98 Å². The van der Waals surface area contributed by atoms with Crippen molar-refractivity contribution in [3.63, 3.8) is 0 Å². The molecule has 0 fully saturated rings. The first-order valence-corrected chi connectivity index (χ1v) is 10.5. The Hall–Kier alpha value is -4.19. The van der Waals surface area contributed by atoms with Crippen LogP contribution in [0.2, 0.25) is 0 Å². The number of aromatic nitrogens is 3. The molecule has 6 heteroatoms. The molecule has 0 spiro atoms. The molecule has 0 bridgehead atoms. The molecule has 6 nitrogen and oxygen atoms in total. The molecule has 2 aromatic heterocycles. The fourth-order valence-corrected chi connectivity index (χ4v) is 4.01. The first-order valence-electron chi connectivity index (χ1n) is 10.5. The van der Waals surface area contributed by atoms with Crippen LogP contribution in [-0.2, 0) is 17.9 Å². The fourth-order valence-electron chi connectivity index (χ4n) is 4.01. The molecule has 32 heavy (non-hydrogen) atoms. The average Bonchev–Trinajstić information content (AvgIpc) is 3.18. The summed E-state index contributed by atoms with van der Waals surface area (Å²) >= 11 is 0. The van der Waals surface area contributed by atoms with Gasteiger partial charge in [-0.05, 0) is 29.8 Å². The molecule has 0 saturated carbocycles. The largest absolute Gasteiger partial charge is 0.337 e. The van der Waals surface area contributed by atoms with E-state index in [2.05, 4.69) is 22.1 Å². The summed E-state index contributed by atoms with van der Waals surface area (Å²) in [6.07, 6.45) is 0. The summed E-state index contributed by atoms with van der Waals surface area (Å²) in [7, 11) is 1.73. The van der Waals surface area contributed by atoms with Crippen molar-refractivity contribution in [2.75, 3.05) is 7.05 Å². The minimum absolute atomic E-state index is 0.0701. The van der Waals surface area contributed by atoms with Crippen molar-refractivity contribution in [3.05, 3.63) is 101 Å². The SMILES string of the molecule is CN(Cc1nc2ccccc2c(=O)[nH]1)C(=O)Cn1c(-c2ccccc2)cc2ccccc21. The van der Waals surface area contributed by atoms with Gasteiger partial charge in [-0.2, -0.15) is 0 Å². The third-order valence-electron chi connectivity index (χ3n) is 5.65. The lowest BCUT2D eigenvalue weighted by atomic mass is 10.1. The maximum Gasteiger partial charge on any atom is 0.258 e. The number of benzene rings is 3. The topological polar surface area (TPSA) is 71.0 Å². The second-order valence-electron chi connectivity index (χ2n) is 7.82. The Morgan fingerprint density at radius 2 is 1.69 bits per heavy atom. The smallest absolute Gasteiger partial charge is 0.258 e. The monoisotopic (exact) mass is 422 g/mol. The van der Waals surface area contributed by atoms with Gasteiger partial charge in [0.05, 0.1) is 17.4 Å². The molecule has 0 radical (unpaired) electrons. The second-order valence-corrected chi connectivity index (χ2v) is 7.82. The highest BCUT2D eigenvalue weighted by atomic mass is 16.2. The zero-order valence-electron chi connectivity index (χ0n) is 17.7. The number of hydrogen-bond acceptors (Lipinski definition) is 3. The third-order valence-corrected chi connectivity index (χ3v) is 5.65. The minimum atomic E-state index is -0.200. The molecule has 2 heterocycles. The number of aromatic amines is 1. The summed E-state index contributed by atoms with van der Waals surface area (Å²) in [5.41, 5.74) is 3.47. The van der Waals surface area contributed by atoms with Crippen molar-refractivity contribution in [1.82, 2.24) is 19.4 Å². The van der Waals surface area contributed by atoms with E-state index < -0.39 is 0 Å². The molecule has 3 aromatic carbocycles. The summed E-state index contributed by atoms with van der Waals surface area (Å²) in [5, 5.41) is 1.62. The maximum atomic E-state index is 13.2. The lowest BCUT2D eigenvalue weighted by Gasteiger charge is -2.19. The number of H-pyrrole nitrogens is 1. The van der Waals surface area contributed by atoms with Gasteiger partial charge < -0.3 is 14.5 Å². The number of hydrogen-bond donors (Lipinski definition) is 1. The van der Waals surface area contributed by atoms with Gasteiger partial charge in [0.2, 0.25) is 5.91 Å². The lowest BCUT2D eigenvalue weighted by molar-refractivity contribution is -0.131. The standard InChI is InChI=1S/C26H22N4O2/c1-29(16-24-27-21-13-7-6-12-20(21)26(32)28-24)25(31)17-30-22-14-8-5-11-19(22)15-23(30)18-9-3-2-4-10-18/h2-15H,16-17H2,1H3,(H,27,28,32). The molecule has 0 unspecified atom stereocenters. The van der Waals surface area contributed by atoms with E-state index in [1.165, 1.54) is 0 Å². The van der Waals surface area contributed by atoms with Gasteiger partial charge in [-0.1, -0.05) is 60.7 Å². The van der Waals surface area contributed by atoms with Crippen LogP contribution in [0.5, 0.6) is 0 Å². The Morgan fingerprint density at radius 3 is 2.53 bits per heavy atom. The van der Waals surface area contributed by atoms with Crippen LogP contribution >= 0.6 is 0 Å². The minimum Gasteiger partial charge on any atom is -0.337 e. The van der Waals surface area contributed by atoms with Crippen molar-refractivity contribution >= 4 is 27.7 Å². The van der Waals surface area contributed by atoms with E-state index in [0.29, 0.717) is 16.7 Å². The maximum absolute atomic E-state index is 13.2. The molecule has 0 atom stereocenters. The highest BCUT2D eigenvalue weighted by Crippen LogP contribution is 2.28. The summed E-state index contributed by atoms with van der Waals surface area (Å²) in [6, 6.07) is 27.4. The van der Waals surface area contributed by atoms with Crippen LogP contribution < -0.4 is 5.56 Å². The van der Waals surface area contributed by atoms with Crippen LogP contribution in [-0.4, -0.2) is 32.4 Å². The molecule has 158 valence electrons. The lowest BCUT2D eigenvalue weighted by Crippen LogP contribution is -2.31. The number of rotatable bonds is 5. The number of carbonyl (C=O) groups is 1. The summed E-state index contributed by atoms with van der Waals surface area (Å²) in [5.74, 6) is 0.393. The predicted octanol–water partition coefficient (Wildman–Crippen LogP) is 4.20. The van der Waals surface area contributed by atoms with Gasteiger partial charge >= 0.3 is 0 Å². The van der Waals surface area contributed by atoms with Crippen LogP contribution in [0.15, 0.2) is 89.7 Å². The first-order chi connectivity index (χ1) is 15.6. The van der Waals surface area contributed by atoms with Gasteiger partial charge in [0, 0.05) is 23.6 Å². The van der Waals surface area contributed by atoms with Crippen molar-refractivity contribution in [2.24, 2.45) is 0 Å². The number of fused-ring (bicyclic) bond motifs is 2. The zero-order valence-corrected chi connectivity index (χ0v) is 17.7.